The number of aliphatic hydroxyl groups is 1. The smallest absolute Gasteiger partial charge is 0.234 e. The van der Waals surface area contributed by atoms with Crippen LogP contribution < -0.4 is 10.6 Å². The van der Waals surface area contributed by atoms with Gasteiger partial charge in [-0.1, -0.05) is 50.2 Å². The molecule has 1 amide bonds. The van der Waals surface area contributed by atoms with Crippen molar-refractivity contribution in [2.45, 2.75) is 33.4 Å². The number of carbonyl (C=O) groups is 1. The van der Waals surface area contributed by atoms with E-state index in [0.717, 1.165) is 5.56 Å². The molecular weight excluding hydrogens is 316 g/mol. The van der Waals surface area contributed by atoms with Crippen molar-refractivity contribution >= 4 is 16.7 Å². The van der Waals surface area contributed by atoms with Crippen molar-refractivity contribution in [1.82, 2.24) is 10.6 Å². The second kappa shape index (κ2) is 12.4. The van der Waals surface area contributed by atoms with E-state index in [0.29, 0.717) is 13.2 Å². The third kappa shape index (κ3) is 8.12. The van der Waals surface area contributed by atoms with Crippen molar-refractivity contribution in [3.05, 3.63) is 48.0 Å². The first-order chi connectivity index (χ1) is 12.2. The Labute approximate surface area is 150 Å². The summed E-state index contributed by atoms with van der Waals surface area (Å²) in [5.41, 5.74) is 1.13. The molecule has 0 saturated carbocycles. The van der Waals surface area contributed by atoms with Gasteiger partial charge in [0.1, 0.15) is 0 Å². The maximum absolute atomic E-state index is 11.7. The van der Waals surface area contributed by atoms with Gasteiger partial charge in [-0.15, -0.1) is 0 Å². The van der Waals surface area contributed by atoms with Crippen LogP contribution in [-0.4, -0.2) is 43.4 Å². The Bertz CT molecular complexity index is 631. The molecule has 138 valence electrons. The summed E-state index contributed by atoms with van der Waals surface area (Å²) in [4.78, 5) is 11.7. The molecule has 0 saturated heterocycles. The summed E-state index contributed by atoms with van der Waals surface area (Å²) in [6.45, 7) is 7.70. The second-order valence-electron chi connectivity index (χ2n) is 5.40. The molecule has 0 spiro atoms. The van der Waals surface area contributed by atoms with E-state index >= 15 is 0 Å². The molecule has 0 aromatic heterocycles. The van der Waals surface area contributed by atoms with E-state index in [1.165, 1.54) is 10.8 Å². The zero-order valence-corrected chi connectivity index (χ0v) is 15.4. The van der Waals surface area contributed by atoms with Crippen molar-refractivity contribution in [2.24, 2.45) is 0 Å². The fraction of sp³-hybridized carbons (Fsp3) is 0.450. The van der Waals surface area contributed by atoms with Crippen LogP contribution >= 0.6 is 0 Å². The van der Waals surface area contributed by atoms with Crippen molar-refractivity contribution < 1.29 is 14.6 Å². The van der Waals surface area contributed by atoms with Gasteiger partial charge in [0, 0.05) is 19.7 Å². The van der Waals surface area contributed by atoms with E-state index in [1.54, 1.807) is 0 Å². The number of ether oxygens (including phenoxy) is 1. The van der Waals surface area contributed by atoms with Crippen molar-refractivity contribution in [2.75, 3.05) is 26.3 Å². The molecule has 2 aromatic carbocycles. The highest BCUT2D eigenvalue weighted by atomic mass is 16.5. The zero-order chi connectivity index (χ0) is 18.5. The fourth-order valence-corrected chi connectivity index (χ4v) is 2.28. The van der Waals surface area contributed by atoms with Gasteiger partial charge in [-0.05, 0) is 29.3 Å². The van der Waals surface area contributed by atoms with E-state index in [-0.39, 0.29) is 25.6 Å². The monoisotopic (exact) mass is 346 g/mol. The molecule has 0 fully saturated rings. The van der Waals surface area contributed by atoms with Gasteiger partial charge in [-0.3, -0.25) is 4.79 Å². The van der Waals surface area contributed by atoms with Crippen molar-refractivity contribution in [3.63, 3.8) is 0 Å². The number of rotatable bonds is 9. The molecule has 0 aliphatic rings. The van der Waals surface area contributed by atoms with Crippen LogP contribution in [0.5, 0.6) is 0 Å². The minimum atomic E-state index is -0.667. The molecule has 0 aliphatic heterocycles. The Kier molecular flexibility index (Phi) is 10.5. The SMILES string of the molecule is CC.CCOCC(O)CNC(=O)CNCc1ccc2ccccc2c1. The van der Waals surface area contributed by atoms with E-state index < -0.39 is 6.10 Å². The molecule has 25 heavy (non-hydrogen) atoms. The quantitative estimate of drug-likeness (QED) is 0.652. The predicted octanol–water partition coefficient (Wildman–Crippen LogP) is 2.47. The van der Waals surface area contributed by atoms with Crippen molar-refractivity contribution in [1.29, 1.82) is 0 Å². The Hall–Kier alpha value is -1.95. The average Bonchev–Trinajstić information content (AvgIpc) is 2.66. The van der Waals surface area contributed by atoms with Gasteiger partial charge < -0.3 is 20.5 Å². The summed E-state index contributed by atoms with van der Waals surface area (Å²) in [5, 5.41) is 17.8. The molecule has 1 atom stereocenters. The highest BCUT2D eigenvalue weighted by Gasteiger charge is 2.06. The summed E-state index contributed by atoms with van der Waals surface area (Å²) < 4.78 is 5.08. The maximum atomic E-state index is 11.7. The molecule has 5 heteroatoms. The zero-order valence-electron chi connectivity index (χ0n) is 15.4. The van der Waals surface area contributed by atoms with Crippen LogP contribution in [0, 0.1) is 0 Å². The molecule has 5 nitrogen and oxygen atoms in total. The Morgan fingerprint density at radius 3 is 2.60 bits per heavy atom. The van der Waals surface area contributed by atoms with Crippen LogP contribution in [0.15, 0.2) is 42.5 Å². The summed E-state index contributed by atoms with van der Waals surface area (Å²) in [6.07, 6.45) is -0.667. The van der Waals surface area contributed by atoms with Gasteiger partial charge in [0.05, 0.1) is 19.3 Å². The number of hydrogen-bond acceptors (Lipinski definition) is 4. The van der Waals surface area contributed by atoms with Crippen LogP contribution in [0.3, 0.4) is 0 Å². The van der Waals surface area contributed by atoms with Gasteiger partial charge >= 0.3 is 0 Å². The van der Waals surface area contributed by atoms with Gasteiger partial charge in [0.15, 0.2) is 0 Å². The normalized spacial score (nSPS) is 11.5. The Balaban J connectivity index is 0.00000151. The standard InChI is InChI=1S/C18H24N2O3.C2H6/c1-2-23-13-17(21)11-20-18(22)12-19-10-14-7-8-15-5-3-4-6-16(15)9-14;1-2/h3-9,17,19,21H,2,10-13H2,1H3,(H,20,22);1-2H3. The maximum Gasteiger partial charge on any atom is 0.234 e. The Morgan fingerprint density at radius 2 is 1.88 bits per heavy atom. The number of amides is 1. The largest absolute Gasteiger partial charge is 0.389 e. The van der Waals surface area contributed by atoms with Gasteiger partial charge in [0.25, 0.3) is 0 Å². The fourth-order valence-electron chi connectivity index (χ4n) is 2.28. The third-order valence-electron chi connectivity index (χ3n) is 3.48. The highest BCUT2D eigenvalue weighted by molar-refractivity contribution is 5.83. The molecule has 1 unspecified atom stereocenters. The van der Waals surface area contributed by atoms with E-state index in [1.807, 2.05) is 32.9 Å². The number of aliphatic hydroxyl groups excluding tert-OH is 1. The summed E-state index contributed by atoms with van der Waals surface area (Å²) in [6, 6.07) is 14.4. The number of benzene rings is 2. The number of carbonyl (C=O) groups excluding carboxylic acids is 1. The Morgan fingerprint density at radius 1 is 1.16 bits per heavy atom. The van der Waals surface area contributed by atoms with E-state index in [2.05, 4.69) is 41.0 Å². The summed E-state index contributed by atoms with van der Waals surface area (Å²) >= 11 is 0. The first-order valence-corrected chi connectivity index (χ1v) is 8.90. The lowest BCUT2D eigenvalue weighted by Crippen LogP contribution is -2.39. The lowest BCUT2D eigenvalue weighted by Gasteiger charge is -2.12. The number of nitrogens with one attached hydrogen (secondary N) is 2. The van der Waals surface area contributed by atoms with Crippen LogP contribution in [0.25, 0.3) is 10.8 Å². The highest BCUT2D eigenvalue weighted by Crippen LogP contribution is 2.15. The second-order valence-corrected chi connectivity index (χ2v) is 5.40. The van der Waals surface area contributed by atoms with Gasteiger partial charge in [-0.25, -0.2) is 0 Å². The van der Waals surface area contributed by atoms with E-state index in [4.69, 9.17) is 4.74 Å². The molecule has 0 radical (unpaired) electrons. The molecule has 2 aromatic rings. The molecule has 0 heterocycles. The van der Waals surface area contributed by atoms with Crippen LogP contribution in [-0.2, 0) is 16.1 Å². The summed E-state index contributed by atoms with van der Waals surface area (Å²) in [5.74, 6) is -0.138. The lowest BCUT2D eigenvalue weighted by atomic mass is 10.1. The molecule has 0 aliphatic carbocycles. The first kappa shape index (κ1) is 21.1. The van der Waals surface area contributed by atoms with Crippen LogP contribution in [0.2, 0.25) is 0 Å². The molecule has 0 bridgehead atoms. The minimum absolute atomic E-state index is 0.138. The number of fused-ring (bicyclic) bond motifs is 1. The van der Waals surface area contributed by atoms with Gasteiger partial charge in [-0.2, -0.15) is 0 Å². The molecular formula is C20H30N2O3. The summed E-state index contributed by atoms with van der Waals surface area (Å²) in [7, 11) is 0. The lowest BCUT2D eigenvalue weighted by molar-refractivity contribution is -0.120. The first-order valence-electron chi connectivity index (χ1n) is 8.90. The van der Waals surface area contributed by atoms with E-state index in [9.17, 15) is 9.90 Å². The van der Waals surface area contributed by atoms with Crippen molar-refractivity contribution in [3.8, 4) is 0 Å². The van der Waals surface area contributed by atoms with Crippen LogP contribution in [0.1, 0.15) is 26.3 Å². The van der Waals surface area contributed by atoms with Gasteiger partial charge in [0.2, 0.25) is 5.91 Å². The topological polar surface area (TPSA) is 70.6 Å². The average molecular weight is 346 g/mol. The molecule has 2 rings (SSSR count). The minimum Gasteiger partial charge on any atom is -0.389 e. The van der Waals surface area contributed by atoms with Crippen LogP contribution in [0.4, 0.5) is 0 Å². The predicted molar refractivity (Wildman–Crippen MR) is 103 cm³/mol. The molecule has 3 N–H and O–H groups in total. The third-order valence-corrected chi connectivity index (χ3v) is 3.48. The number of hydrogen-bond donors (Lipinski definition) is 3.